The number of pyridine rings is 1. The minimum atomic E-state index is -3.83. The van der Waals surface area contributed by atoms with Gasteiger partial charge in [-0.3, -0.25) is 23.9 Å². The monoisotopic (exact) mass is 774 g/mol. The summed E-state index contributed by atoms with van der Waals surface area (Å²) >= 11 is 0. The number of rotatable bonds is 13. The Labute approximate surface area is 324 Å². The minimum Gasteiger partial charge on any atom is -0.497 e. The normalized spacial score (nSPS) is 19.9. The molecule has 13 heteroatoms. The molecule has 0 bridgehead atoms. The fraction of sp³-hybridized carbons (Fsp3) is 0.548. The summed E-state index contributed by atoms with van der Waals surface area (Å²) in [5.41, 5.74) is 0.200. The molecule has 2 saturated heterocycles. The maximum atomic E-state index is 14.8. The molecule has 12 nitrogen and oxygen atoms in total. The highest BCUT2D eigenvalue weighted by Crippen LogP contribution is 2.38. The molecule has 3 atom stereocenters. The number of nitrogens with one attached hydrogen (secondary N) is 1. The van der Waals surface area contributed by atoms with Gasteiger partial charge in [0, 0.05) is 55.4 Å². The van der Waals surface area contributed by atoms with E-state index < -0.39 is 50.1 Å². The van der Waals surface area contributed by atoms with Crippen molar-refractivity contribution >= 4 is 44.4 Å². The molecule has 3 amide bonds. The van der Waals surface area contributed by atoms with E-state index in [0.717, 1.165) is 30.2 Å². The number of nitrogens with zero attached hydrogens (tertiary/aromatic N) is 3. The summed E-state index contributed by atoms with van der Waals surface area (Å²) in [6.45, 7) is 10.3. The first kappa shape index (κ1) is 40.2. The summed E-state index contributed by atoms with van der Waals surface area (Å²) in [6.07, 6.45) is 3.12. The van der Waals surface area contributed by atoms with Crippen LogP contribution >= 0.6 is 0 Å². The number of hydrogen-bond acceptors (Lipinski definition) is 9. The lowest BCUT2D eigenvalue weighted by atomic mass is 9.77. The summed E-state index contributed by atoms with van der Waals surface area (Å²) in [5.74, 6) is -1.12. The summed E-state index contributed by atoms with van der Waals surface area (Å²) in [6, 6.07) is 16.1. The zero-order valence-electron chi connectivity index (χ0n) is 32.8. The number of sulfonamides is 1. The second kappa shape index (κ2) is 15.9. The number of Topliss-reactive ketones (excluding diaryl/α,β-unsaturated/α-hetero) is 1. The van der Waals surface area contributed by atoms with Crippen LogP contribution in [0.5, 0.6) is 11.5 Å². The first-order valence-electron chi connectivity index (χ1n) is 19.3. The van der Waals surface area contributed by atoms with Gasteiger partial charge >= 0.3 is 0 Å². The second-order valence-corrected chi connectivity index (χ2v) is 19.0. The van der Waals surface area contributed by atoms with Crippen molar-refractivity contribution in [2.24, 2.45) is 16.7 Å². The van der Waals surface area contributed by atoms with Crippen LogP contribution in [0.2, 0.25) is 0 Å². The van der Waals surface area contributed by atoms with Crippen LogP contribution < -0.4 is 14.2 Å². The van der Waals surface area contributed by atoms with Crippen LogP contribution in [0.3, 0.4) is 0 Å². The molecule has 3 aromatic rings. The van der Waals surface area contributed by atoms with E-state index >= 15 is 0 Å². The quantitative estimate of drug-likeness (QED) is 0.223. The van der Waals surface area contributed by atoms with Gasteiger partial charge in [0.1, 0.15) is 17.6 Å². The molecule has 3 aliphatic rings. The first-order valence-corrected chi connectivity index (χ1v) is 20.9. The van der Waals surface area contributed by atoms with Crippen LogP contribution in [0.4, 0.5) is 0 Å². The number of carbonyl (C=O) groups is 4. The summed E-state index contributed by atoms with van der Waals surface area (Å²) in [5, 5.41) is 0.126. The Hall–Kier alpha value is -4.52. The third-order valence-corrected chi connectivity index (χ3v) is 12.9. The summed E-state index contributed by atoms with van der Waals surface area (Å²) in [7, 11) is -2.24. The SMILES string of the molecule is COc1ccc2c(O[C@@H]3C[C@@H](C(=O)CC(C)(C)C(=O)NS(=O)(=O)C4CC4)N(C(=O)[C@@H](CC(=O)N4CCCCC4)C(C)(C)C)C3)cc(-c3ccccc3)nc2c1. The summed E-state index contributed by atoms with van der Waals surface area (Å²) in [4.78, 5) is 64.3. The Morgan fingerprint density at radius 2 is 1.64 bits per heavy atom. The Balaban J connectivity index is 1.32. The zero-order valence-corrected chi connectivity index (χ0v) is 33.6. The predicted octanol–water partition coefficient (Wildman–Crippen LogP) is 5.92. The van der Waals surface area contributed by atoms with E-state index in [1.54, 1.807) is 7.11 Å². The number of amides is 3. The number of carbonyl (C=O) groups excluding carboxylic acids is 4. The van der Waals surface area contributed by atoms with Gasteiger partial charge in [-0.2, -0.15) is 0 Å². The number of aromatic nitrogens is 1. The number of benzene rings is 2. The molecule has 2 aliphatic heterocycles. The molecule has 0 radical (unpaired) electrons. The van der Waals surface area contributed by atoms with Gasteiger partial charge in [-0.05, 0) is 49.7 Å². The van der Waals surface area contributed by atoms with Crippen LogP contribution in [-0.2, 0) is 29.2 Å². The predicted molar refractivity (Wildman–Crippen MR) is 210 cm³/mol. The molecule has 0 spiro atoms. The number of fused-ring (bicyclic) bond motifs is 1. The Kier molecular flexibility index (Phi) is 11.6. The Morgan fingerprint density at radius 1 is 0.945 bits per heavy atom. The molecule has 1 saturated carbocycles. The molecule has 3 fully saturated rings. The van der Waals surface area contributed by atoms with Crippen molar-refractivity contribution < 1.29 is 37.1 Å². The molecule has 1 aliphatic carbocycles. The van der Waals surface area contributed by atoms with Crippen molar-refractivity contribution in [1.82, 2.24) is 19.5 Å². The number of methoxy groups -OCH3 is 1. The molecular weight excluding hydrogens is 721 g/mol. The number of likely N-dealkylation sites (tertiary alicyclic amines) is 2. The van der Waals surface area contributed by atoms with Crippen LogP contribution in [0.1, 0.15) is 86.0 Å². The molecule has 296 valence electrons. The highest BCUT2D eigenvalue weighted by atomic mass is 32.2. The van der Waals surface area contributed by atoms with Gasteiger partial charge in [0.25, 0.3) is 0 Å². The number of ketones is 1. The lowest BCUT2D eigenvalue weighted by Crippen LogP contribution is -2.50. The van der Waals surface area contributed by atoms with Crippen LogP contribution in [0, 0.1) is 16.7 Å². The van der Waals surface area contributed by atoms with E-state index in [9.17, 15) is 27.6 Å². The van der Waals surface area contributed by atoms with Crippen LogP contribution in [0.25, 0.3) is 22.2 Å². The largest absolute Gasteiger partial charge is 0.497 e. The molecule has 1 N–H and O–H groups in total. The topological polar surface area (TPSA) is 152 Å². The maximum absolute atomic E-state index is 14.8. The van der Waals surface area contributed by atoms with Crippen molar-refractivity contribution in [3.05, 3.63) is 54.6 Å². The standard InChI is InChI=1S/C42H54N4O8S/c1-41(2,3)32(23-38(48)45-19-11-8-12-20-45)39(49)46-26-29(22-35(46)36(47)25-42(4,5)40(50)44-55(51,52)30-16-17-30)54-37-24-33(27-13-9-7-10-14-27)43-34-21-28(53-6)15-18-31(34)37/h7,9-10,13-15,18,21,24,29-30,32,35H,8,11-12,16-17,19-20,22-23,25-26H2,1-6H3,(H,44,50)/t29-,32-,35+/m1/s1. The molecule has 6 rings (SSSR count). The van der Waals surface area contributed by atoms with E-state index in [-0.39, 0.29) is 43.4 Å². The smallest absolute Gasteiger partial charge is 0.239 e. The maximum Gasteiger partial charge on any atom is 0.239 e. The average molecular weight is 775 g/mol. The third kappa shape index (κ3) is 9.31. The van der Waals surface area contributed by atoms with Crippen molar-refractivity contribution in [2.75, 3.05) is 26.7 Å². The van der Waals surface area contributed by atoms with Gasteiger partial charge in [-0.15, -0.1) is 0 Å². The second-order valence-electron chi connectivity index (χ2n) is 17.0. The Bertz CT molecular complexity index is 2030. The average Bonchev–Trinajstić information content (AvgIpc) is 3.94. The van der Waals surface area contributed by atoms with Crippen LogP contribution in [-0.4, -0.2) is 90.8 Å². The number of piperidine rings is 1. The van der Waals surface area contributed by atoms with Crippen LogP contribution in [0.15, 0.2) is 54.6 Å². The highest BCUT2D eigenvalue weighted by molar-refractivity contribution is 7.90. The molecule has 1 aromatic heterocycles. The first-order chi connectivity index (χ1) is 26.0. The molecule has 3 heterocycles. The number of ether oxygens (including phenoxy) is 2. The highest BCUT2D eigenvalue weighted by Gasteiger charge is 2.48. The van der Waals surface area contributed by atoms with E-state index in [1.165, 1.54) is 18.7 Å². The van der Waals surface area contributed by atoms with Gasteiger partial charge in [0.2, 0.25) is 27.7 Å². The van der Waals surface area contributed by atoms with Crippen molar-refractivity contribution in [3.63, 3.8) is 0 Å². The molecular formula is C42H54N4O8S. The van der Waals surface area contributed by atoms with E-state index in [2.05, 4.69) is 4.72 Å². The van der Waals surface area contributed by atoms with Gasteiger partial charge < -0.3 is 19.3 Å². The van der Waals surface area contributed by atoms with Gasteiger partial charge in [-0.1, -0.05) is 65.0 Å². The fourth-order valence-corrected chi connectivity index (χ4v) is 9.00. The zero-order chi connectivity index (χ0) is 39.7. The summed E-state index contributed by atoms with van der Waals surface area (Å²) < 4.78 is 39.7. The Morgan fingerprint density at radius 3 is 2.27 bits per heavy atom. The molecule has 2 aromatic carbocycles. The van der Waals surface area contributed by atoms with Gasteiger partial charge in [-0.25, -0.2) is 13.4 Å². The lowest BCUT2D eigenvalue weighted by molar-refractivity contribution is -0.148. The third-order valence-electron chi connectivity index (χ3n) is 11.1. The van der Waals surface area contributed by atoms with E-state index in [0.29, 0.717) is 48.6 Å². The van der Waals surface area contributed by atoms with Crippen molar-refractivity contribution in [2.45, 2.75) is 103 Å². The minimum absolute atomic E-state index is 0.00938. The fourth-order valence-electron chi connectivity index (χ4n) is 7.54. The van der Waals surface area contributed by atoms with E-state index in [4.69, 9.17) is 14.5 Å². The van der Waals surface area contributed by atoms with Crippen molar-refractivity contribution in [3.8, 4) is 22.8 Å². The van der Waals surface area contributed by atoms with Gasteiger partial charge in [0.05, 0.1) is 47.5 Å². The van der Waals surface area contributed by atoms with Gasteiger partial charge in [0.15, 0.2) is 5.78 Å². The molecule has 0 unspecified atom stereocenters. The lowest BCUT2D eigenvalue weighted by Gasteiger charge is -2.36. The van der Waals surface area contributed by atoms with E-state index in [1.807, 2.05) is 80.3 Å². The number of hydrogen-bond donors (Lipinski definition) is 1. The van der Waals surface area contributed by atoms with Crippen molar-refractivity contribution in [1.29, 1.82) is 0 Å². The molecule has 55 heavy (non-hydrogen) atoms.